The quantitative estimate of drug-likeness (QED) is 0.208. The largest absolute Gasteiger partial charge is 0.350 e. The van der Waals surface area contributed by atoms with Crippen molar-refractivity contribution in [1.29, 1.82) is 0 Å². The first kappa shape index (κ1) is 32.8. The first-order valence-electron chi connectivity index (χ1n) is 14.4. The molecule has 4 aromatic carbocycles. The lowest BCUT2D eigenvalue weighted by atomic mass is 10.00. The van der Waals surface area contributed by atoms with Crippen molar-refractivity contribution in [2.45, 2.75) is 57.1 Å². The Labute approximate surface area is 265 Å². The minimum absolute atomic E-state index is 0.0180. The molecule has 2 amide bonds. The lowest BCUT2D eigenvalue weighted by Crippen LogP contribution is -2.56. The molecule has 0 aliphatic rings. The Morgan fingerprint density at radius 3 is 2.00 bits per heavy atom. The van der Waals surface area contributed by atoms with Gasteiger partial charge in [0.2, 0.25) is 11.8 Å². The van der Waals surface area contributed by atoms with Gasteiger partial charge in [-0.25, -0.2) is 8.42 Å². The summed E-state index contributed by atoms with van der Waals surface area (Å²) in [6.45, 7) is 7.11. The molecule has 230 valence electrons. The Balaban J connectivity index is 1.83. The minimum Gasteiger partial charge on any atom is -0.350 e. The Hall–Kier alpha value is -4.14. The maximum atomic E-state index is 14.5. The van der Waals surface area contributed by atoms with Crippen LogP contribution in [0.2, 0.25) is 5.02 Å². The maximum absolute atomic E-state index is 14.5. The average Bonchev–Trinajstić information content (AvgIpc) is 2.99. The minimum atomic E-state index is -4.22. The number of hydrogen-bond acceptors (Lipinski definition) is 4. The molecule has 9 heteroatoms. The molecule has 4 rings (SSSR count). The molecule has 7 nitrogen and oxygen atoms in total. The molecule has 0 aliphatic carbocycles. The van der Waals surface area contributed by atoms with Crippen molar-refractivity contribution in [3.63, 3.8) is 0 Å². The van der Waals surface area contributed by atoms with Gasteiger partial charge in [-0.3, -0.25) is 13.9 Å². The fourth-order valence-corrected chi connectivity index (χ4v) is 6.61. The van der Waals surface area contributed by atoms with E-state index in [-0.39, 0.29) is 34.5 Å². The number of rotatable bonds is 11. The van der Waals surface area contributed by atoms with Crippen LogP contribution in [0.15, 0.2) is 114 Å². The van der Waals surface area contributed by atoms with Crippen LogP contribution in [-0.2, 0) is 32.6 Å². The number of para-hydroxylation sites is 1. The highest BCUT2D eigenvalue weighted by atomic mass is 35.5. The number of benzene rings is 4. The number of carbonyl (C=O) groups is 2. The summed E-state index contributed by atoms with van der Waals surface area (Å²) in [5, 5.41) is 3.22. The number of nitrogens with zero attached hydrogens (tertiary/aromatic N) is 2. The zero-order valence-electron chi connectivity index (χ0n) is 25.4. The van der Waals surface area contributed by atoms with Gasteiger partial charge in [0.1, 0.15) is 12.6 Å². The van der Waals surface area contributed by atoms with Crippen LogP contribution in [0.3, 0.4) is 0 Å². The van der Waals surface area contributed by atoms with Crippen LogP contribution in [0, 0.1) is 6.92 Å². The van der Waals surface area contributed by atoms with Gasteiger partial charge in [-0.15, -0.1) is 0 Å². The van der Waals surface area contributed by atoms with Gasteiger partial charge in [0, 0.05) is 18.5 Å². The molecule has 1 atom stereocenters. The summed E-state index contributed by atoms with van der Waals surface area (Å²) in [5.74, 6) is -0.879. The summed E-state index contributed by atoms with van der Waals surface area (Å²) in [6.07, 6.45) is 0.234. The van der Waals surface area contributed by atoms with Crippen molar-refractivity contribution in [3.8, 4) is 0 Å². The molecule has 0 unspecified atom stereocenters. The van der Waals surface area contributed by atoms with Crippen LogP contribution in [0.25, 0.3) is 0 Å². The van der Waals surface area contributed by atoms with Crippen molar-refractivity contribution in [3.05, 3.63) is 131 Å². The highest BCUT2D eigenvalue weighted by Gasteiger charge is 2.36. The molecule has 1 N–H and O–H groups in total. The molecule has 0 aromatic heterocycles. The second-order valence-electron chi connectivity index (χ2n) is 11.7. The van der Waals surface area contributed by atoms with Crippen molar-refractivity contribution in [2.24, 2.45) is 0 Å². The molecule has 0 saturated carbocycles. The predicted molar refractivity (Wildman–Crippen MR) is 176 cm³/mol. The Morgan fingerprint density at radius 1 is 0.818 bits per heavy atom. The topological polar surface area (TPSA) is 86.8 Å². The molecule has 4 aromatic rings. The van der Waals surface area contributed by atoms with Crippen molar-refractivity contribution < 1.29 is 18.0 Å². The van der Waals surface area contributed by atoms with E-state index in [4.69, 9.17) is 11.6 Å². The smallest absolute Gasteiger partial charge is 0.264 e. The molecule has 0 radical (unpaired) electrons. The third-order valence-electron chi connectivity index (χ3n) is 7.10. The van der Waals surface area contributed by atoms with E-state index in [2.05, 4.69) is 5.32 Å². The standard InChI is InChI=1S/C35H38ClN3O4S/c1-26-15-11-12-18-28(26)24-38(32(34(41)37-35(2,3)4)23-27-16-7-5-8-17-27)33(40)25-39(31-22-14-13-21-30(31)36)44(42,43)29-19-9-6-10-20-29/h5-22,32H,23-25H2,1-4H3,(H,37,41)/t32-/m0/s1. The summed E-state index contributed by atoms with van der Waals surface area (Å²) < 4.78 is 29.1. The molecule has 0 heterocycles. The van der Waals surface area contributed by atoms with Gasteiger partial charge >= 0.3 is 0 Å². The summed E-state index contributed by atoms with van der Waals surface area (Å²) >= 11 is 6.52. The zero-order chi connectivity index (χ0) is 31.9. The summed E-state index contributed by atoms with van der Waals surface area (Å²) in [4.78, 5) is 30.0. The van der Waals surface area contributed by atoms with E-state index < -0.39 is 34.1 Å². The van der Waals surface area contributed by atoms with Gasteiger partial charge in [-0.1, -0.05) is 96.5 Å². The highest BCUT2D eigenvalue weighted by molar-refractivity contribution is 7.92. The van der Waals surface area contributed by atoms with Gasteiger partial charge < -0.3 is 10.2 Å². The molecular formula is C35H38ClN3O4S. The summed E-state index contributed by atoms with van der Waals surface area (Å²) in [7, 11) is -4.22. The van der Waals surface area contributed by atoms with Gasteiger partial charge in [0.15, 0.2) is 0 Å². The molecule has 0 bridgehead atoms. The van der Waals surface area contributed by atoms with Crippen molar-refractivity contribution in [2.75, 3.05) is 10.8 Å². The molecule has 0 aliphatic heterocycles. The molecular weight excluding hydrogens is 594 g/mol. The molecule has 0 fully saturated rings. The van der Waals surface area contributed by atoms with E-state index in [1.165, 1.54) is 17.0 Å². The van der Waals surface area contributed by atoms with E-state index in [0.29, 0.717) is 0 Å². The first-order valence-corrected chi connectivity index (χ1v) is 16.2. The lowest BCUT2D eigenvalue weighted by Gasteiger charge is -2.35. The van der Waals surface area contributed by atoms with E-state index in [0.717, 1.165) is 21.0 Å². The Morgan fingerprint density at radius 2 is 1.39 bits per heavy atom. The number of halogens is 1. The van der Waals surface area contributed by atoms with E-state index in [1.807, 2.05) is 82.3 Å². The van der Waals surface area contributed by atoms with Crippen LogP contribution in [0.5, 0.6) is 0 Å². The second kappa shape index (κ2) is 14.1. The first-order chi connectivity index (χ1) is 20.9. The Bertz CT molecular complexity index is 1690. The average molecular weight is 632 g/mol. The van der Waals surface area contributed by atoms with Crippen LogP contribution >= 0.6 is 11.6 Å². The fourth-order valence-electron chi connectivity index (χ4n) is 4.86. The fraction of sp³-hybridized carbons (Fsp3) is 0.257. The predicted octanol–water partition coefficient (Wildman–Crippen LogP) is 6.40. The van der Waals surface area contributed by atoms with E-state index in [1.54, 1.807) is 42.5 Å². The number of carbonyl (C=O) groups excluding carboxylic acids is 2. The number of anilines is 1. The van der Waals surface area contributed by atoms with Gasteiger partial charge in [-0.2, -0.15) is 0 Å². The molecule has 44 heavy (non-hydrogen) atoms. The maximum Gasteiger partial charge on any atom is 0.264 e. The van der Waals surface area contributed by atoms with Gasteiger partial charge in [0.05, 0.1) is 15.6 Å². The van der Waals surface area contributed by atoms with Crippen molar-refractivity contribution in [1.82, 2.24) is 10.2 Å². The van der Waals surface area contributed by atoms with Crippen LogP contribution in [-0.4, -0.2) is 43.3 Å². The van der Waals surface area contributed by atoms with E-state index >= 15 is 0 Å². The normalized spacial score (nSPS) is 12.3. The molecule has 0 saturated heterocycles. The van der Waals surface area contributed by atoms with Gasteiger partial charge in [-0.05, 0) is 68.7 Å². The summed E-state index contributed by atoms with van der Waals surface area (Å²) in [5.41, 5.74) is 2.26. The van der Waals surface area contributed by atoms with E-state index in [9.17, 15) is 18.0 Å². The van der Waals surface area contributed by atoms with Crippen molar-refractivity contribution >= 4 is 39.1 Å². The third-order valence-corrected chi connectivity index (χ3v) is 9.20. The lowest BCUT2D eigenvalue weighted by molar-refractivity contribution is -0.140. The second-order valence-corrected chi connectivity index (χ2v) is 13.9. The number of amides is 2. The monoisotopic (exact) mass is 631 g/mol. The van der Waals surface area contributed by atoms with Crippen LogP contribution in [0.1, 0.15) is 37.5 Å². The van der Waals surface area contributed by atoms with Crippen LogP contribution in [0.4, 0.5) is 5.69 Å². The molecule has 0 spiro atoms. The number of nitrogens with one attached hydrogen (secondary N) is 1. The summed E-state index contributed by atoms with van der Waals surface area (Å²) in [6, 6.07) is 30.6. The van der Waals surface area contributed by atoms with Gasteiger partial charge in [0.25, 0.3) is 10.0 Å². The van der Waals surface area contributed by atoms with Crippen LogP contribution < -0.4 is 9.62 Å². The Kier molecular flexibility index (Phi) is 10.5. The highest BCUT2D eigenvalue weighted by Crippen LogP contribution is 2.31. The zero-order valence-corrected chi connectivity index (χ0v) is 27.0. The number of hydrogen-bond donors (Lipinski definition) is 1. The number of aryl methyl sites for hydroxylation is 1. The number of sulfonamides is 1. The SMILES string of the molecule is Cc1ccccc1CN(C(=O)CN(c1ccccc1Cl)S(=O)(=O)c1ccccc1)[C@@H](Cc1ccccc1)C(=O)NC(C)(C)C. The third kappa shape index (κ3) is 8.27.